The van der Waals surface area contributed by atoms with E-state index in [4.69, 9.17) is 21.7 Å². The Morgan fingerprint density at radius 1 is 1.00 bits per heavy atom. The van der Waals surface area contributed by atoms with Crippen LogP contribution in [-0.4, -0.2) is 24.0 Å². The summed E-state index contributed by atoms with van der Waals surface area (Å²) in [5.41, 5.74) is 1.47. The number of hydrogen-bond acceptors (Lipinski definition) is 5. The van der Waals surface area contributed by atoms with Crippen LogP contribution in [0.2, 0.25) is 0 Å². The van der Waals surface area contributed by atoms with E-state index in [0.717, 1.165) is 5.56 Å². The van der Waals surface area contributed by atoms with E-state index in [1.54, 1.807) is 18.2 Å². The van der Waals surface area contributed by atoms with Gasteiger partial charge in [0.2, 0.25) is 0 Å². The lowest BCUT2D eigenvalue weighted by Gasteiger charge is -2.18. The van der Waals surface area contributed by atoms with E-state index in [0.29, 0.717) is 23.7 Å². The van der Waals surface area contributed by atoms with Gasteiger partial charge in [-0.05, 0) is 29.9 Å². The van der Waals surface area contributed by atoms with E-state index in [9.17, 15) is 9.59 Å². The van der Waals surface area contributed by atoms with E-state index in [1.807, 2.05) is 30.3 Å². The van der Waals surface area contributed by atoms with Gasteiger partial charge in [-0.3, -0.25) is 20.2 Å². The molecule has 3 rings (SSSR count). The first kappa shape index (κ1) is 17.6. The summed E-state index contributed by atoms with van der Waals surface area (Å²) < 4.78 is 11.3. The Hall–Kier alpha value is -3.19. The van der Waals surface area contributed by atoms with E-state index in [2.05, 4.69) is 10.6 Å². The van der Waals surface area contributed by atoms with Gasteiger partial charge in [-0.2, -0.15) is 0 Å². The number of benzene rings is 2. The Morgan fingerprint density at radius 3 is 2.35 bits per heavy atom. The molecule has 26 heavy (non-hydrogen) atoms. The molecule has 2 N–H and O–H groups in total. The van der Waals surface area contributed by atoms with Gasteiger partial charge in [0.1, 0.15) is 12.2 Å². The Morgan fingerprint density at radius 2 is 1.69 bits per heavy atom. The van der Waals surface area contributed by atoms with Crippen LogP contribution >= 0.6 is 12.2 Å². The summed E-state index contributed by atoms with van der Waals surface area (Å²) in [6, 6.07) is 14.9. The molecule has 0 saturated carbocycles. The second kappa shape index (κ2) is 7.79. The number of methoxy groups -OCH3 is 1. The lowest BCUT2D eigenvalue weighted by Crippen LogP contribution is -2.51. The fourth-order valence-electron chi connectivity index (χ4n) is 2.45. The lowest BCUT2D eigenvalue weighted by molar-refractivity contribution is -0.123. The molecule has 0 spiro atoms. The molecule has 1 saturated heterocycles. The van der Waals surface area contributed by atoms with Crippen LogP contribution in [0.1, 0.15) is 11.1 Å². The maximum absolute atomic E-state index is 12.1. The van der Waals surface area contributed by atoms with Crippen molar-refractivity contribution in [2.75, 3.05) is 7.11 Å². The van der Waals surface area contributed by atoms with Crippen LogP contribution in [0.25, 0.3) is 6.08 Å². The number of rotatable bonds is 5. The maximum Gasteiger partial charge on any atom is 0.263 e. The number of carbonyl (C=O) groups excluding carboxylic acids is 2. The highest BCUT2D eigenvalue weighted by Gasteiger charge is 2.26. The van der Waals surface area contributed by atoms with Gasteiger partial charge in [0.25, 0.3) is 11.8 Å². The zero-order chi connectivity index (χ0) is 18.5. The number of thiocarbonyl (C=S) groups is 1. The topological polar surface area (TPSA) is 76.7 Å². The Labute approximate surface area is 155 Å². The molecule has 2 aromatic rings. The third kappa shape index (κ3) is 3.89. The van der Waals surface area contributed by atoms with Crippen LogP contribution in [-0.2, 0) is 16.2 Å². The van der Waals surface area contributed by atoms with Gasteiger partial charge >= 0.3 is 0 Å². The highest BCUT2D eigenvalue weighted by atomic mass is 32.1. The molecule has 132 valence electrons. The third-order valence-electron chi connectivity index (χ3n) is 3.70. The fourth-order valence-corrected chi connectivity index (χ4v) is 2.64. The molecule has 1 aliphatic rings. The fraction of sp³-hybridized carbons (Fsp3) is 0.105. The average molecular weight is 368 g/mol. The molecule has 0 atom stereocenters. The first-order valence-electron chi connectivity index (χ1n) is 7.80. The molecule has 1 heterocycles. The van der Waals surface area contributed by atoms with Crippen LogP contribution in [0, 0.1) is 0 Å². The van der Waals surface area contributed by atoms with E-state index in [1.165, 1.54) is 13.2 Å². The summed E-state index contributed by atoms with van der Waals surface area (Å²) in [6.45, 7) is 0.319. The molecule has 2 amide bonds. The highest BCUT2D eigenvalue weighted by Crippen LogP contribution is 2.33. The second-order valence-corrected chi connectivity index (χ2v) is 5.86. The van der Waals surface area contributed by atoms with Gasteiger partial charge in [0.15, 0.2) is 16.6 Å². The van der Waals surface area contributed by atoms with E-state index in [-0.39, 0.29) is 10.7 Å². The first-order valence-corrected chi connectivity index (χ1v) is 8.21. The zero-order valence-electron chi connectivity index (χ0n) is 13.9. The molecule has 0 aromatic heterocycles. The molecule has 0 radical (unpaired) electrons. The number of carbonyl (C=O) groups is 2. The van der Waals surface area contributed by atoms with Crippen molar-refractivity contribution in [2.45, 2.75) is 6.61 Å². The number of ether oxygens (including phenoxy) is 2. The Kier molecular flexibility index (Phi) is 5.28. The molecule has 0 unspecified atom stereocenters. The van der Waals surface area contributed by atoms with Gasteiger partial charge in [0.05, 0.1) is 7.11 Å². The van der Waals surface area contributed by atoms with Crippen LogP contribution < -0.4 is 20.1 Å². The normalized spacial score (nSPS) is 13.7. The minimum atomic E-state index is -0.560. The predicted molar refractivity (Wildman–Crippen MR) is 101 cm³/mol. The molecule has 7 heteroatoms. The summed E-state index contributed by atoms with van der Waals surface area (Å²) in [7, 11) is 1.53. The average Bonchev–Trinajstić information content (AvgIpc) is 2.64. The van der Waals surface area contributed by atoms with Crippen LogP contribution in [0.15, 0.2) is 54.1 Å². The summed E-state index contributed by atoms with van der Waals surface area (Å²) in [6.07, 6.45) is 1.45. The van der Waals surface area contributed by atoms with Crippen molar-refractivity contribution in [3.63, 3.8) is 0 Å². The summed E-state index contributed by atoms with van der Waals surface area (Å²) >= 11 is 4.80. The van der Waals surface area contributed by atoms with Crippen molar-refractivity contribution >= 4 is 35.2 Å². The SMILES string of the molecule is COc1cccc(C=C2C(=O)NC(=S)NC2=O)c1OCc1ccccc1. The quantitative estimate of drug-likeness (QED) is 0.481. The number of para-hydroxylation sites is 1. The van der Waals surface area contributed by atoms with Crippen LogP contribution in [0.3, 0.4) is 0 Å². The largest absolute Gasteiger partial charge is 0.493 e. The molecule has 0 aliphatic carbocycles. The third-order valence-corrected chi connectivity index (χ3v) is 3.90. The summed E-state index contributed by atoms with van der Waals surface area (Å²) in [5, 5.41) is 4.80. The molecule has 1 aliphatic heterocycles. The molecule has 6 nitrogen and oxygen atoms in total. The smallest absolute Gasteiger partial charge is 0.263 e. The lowest BCUT2D eigenvalue weighted by atomic mass is 10.1. The molecule has 0 bridgehead atoms. The number of nitrogens with one attached hydrogen (secondary N) is 2. The Balaban J connectivity index is 1.94. The van der Waals surface area contributed by atoms with Crippen molar-refractivity contribution in [1.82, 2.24) is 10.6 Å². The van der Waals surface area contributed by atoms with Gasteiger partial charge in [-0.25, -0.2) is 0 Å². The minimum absolute atomic E-state index is 0.0108. The molecule has 2 aromatic carbocycles. The van der Waals surface area contributed by atoms with Gasteiger partial charge in [0, 0.05) is 5.56 Å². The highest BCUT2D eigenvalue weighted by molar-refractivity contribution is 7.80. The van der Waals surface area contributed by atoms with Crippen molar-refractivity contribution in [3.05, 3.63) is 65.2 Å². The maximum atomic E-state index is 12.1. The second-order valence-electron chi connectivity index (χ2n) is 5.45. The number of hydrogen-bond donors (Lipinski definition) is 2. The van der Waals surface area contributed by atoms with Gasteiger partial charge < -0.3 is 9.47 Å². The Bertz CT molecular complexity index is 872. The summed E-state index contributed by atoms with van der Waals surface area (Å²) in [5.74, 6) is -0.173. The predicted octanol–water partition coefficient (Wildman–Crippen LogP) is 2.19. The minimum Gasteiger partial charge on any atom is -0.493 e. The van der Waals surface area contributed by atoms with Gasteiger partial charge in [-0.15, -0.1) is 0 Å². The zero-order valence-corrected chi connectivity index (χ0v) is 14.8. The first-order chi connectivity index (χ1) is 12.6. The summed E-state index contributed by atoms with van der Waals surface area (Å²) in [4.78, 5) is 24.1. The van der Waals surface area contributed by atoms with Crippen LogP contribution in [0.4, 0.5) is 0 Å². The molecular formula is C19H16N2O4S. The van der Waals surface area contributed by atoms with Crippen molar-refractivity contribution in [3.8, 4) is 11.5 Å². The van der Waals surface area contributed by atoms with Crippen molar-refractivity contribution in [1.29, 1.82) is 0 Å². The molecule has 1 fully saturated rings. The van der Waals surface area contributed by atoms with E-state index < -0.39 is 11.8 Å². The van der Waals surface area contributed by atoms with Crippen molar-refractivity contribution < 1.29 is 19.1 Å². The van der Waals surface area contributed by atoms with Crippen molar-refractivity contribution in [2.24, 2.45) is 0 Å². The monoisotopic (exact) mass is 368 g/mol. The van der Waals surface area contributed by atoms with Crippen LogP contribution in [0.5, 0.6) is 11.5 Å². The van der Waals surface area contributed by atoms with E-state index >= 15 is 0 Å². The van der Waals surface area contributed by atoms with Gasteiger partial charge in [-0.1, -0.05) is 42.5 Å². The molecular weight excluding hydrogens is 352 g/mol. The number of amides is 2. The standard InChI is InChI=1S/C19H16N2O4S/c1-24-15-9-5-8-13(10-14-17(22)20-19(26)21-18(14)23)16(15)25-11-12-6-3-2-4-7-12/h2-10H,11H2,1H3,(H2,20,21,22,23,26).